The number of piperazine rings is 1. The summed E-state index contributed by atoms with van der Waals surface area (Å²) in [6, 6.07) is 25.9. The van der Waals surface area contributed by atoms with E-state index in [0.29, 0.717) is 43.2 Å². The molecule has 0 bridgehead atoms. The molecule has 1 aliphatic rings. The number of carbonyl (C=O) groups excluding carboxylic acids is 1. The zero-order valence-electron chi connectivity index (χ0n) is 21.1. The first kappa shape index (κ1) is 25.6. The molecule has 0 aromatic heterocycles. The molecular formula is C31H31N3O3. The summed E-state index contributed by atoms with van der Waals surface area (Å²) in [7, 11) is 1.58. The monoisotopic (exact) mass is 493 g/mol. The predicted octanol–water partition coefficient (Wildman–Crippen LogP) is 5.26. The molecule has 0 radical (unpaired) electrons. The lowest BCUT2D eigenvalue weighted by molar-refractivity contribution is -0.126. The third kappa shape index (κ3) is 6.39. The van der Waals surface area contributed by atoms with Gasteiger partial charge in [0.25, 0.3) is 5.91 Å². The third-order valence-electron chi connectivity index (χ3n) is 6.31. The van der Waals surface area contributed by atoms with E-state index < -0.39 is 0 Å². The highest BCUT2D eigenvalue weighted by Gasteiger charge is 2.24. The highest BCUT2D eigenvalue weighted by atomic mass is 16.5. The number of para-hydroxylation sites is 1. The van der Waals surface area contributed by atoms with Crippen molar-refractivity contribution in [2.75, 3.05) is 38.2 Å². The van der Waals surface area contributed by atoms with Gasteiger partial charge in [-0.3, -0.25) is 4.79 Å². The molecule has 0 N–H and O–H groups in total. The fourth-order valence-corrected chi connectivity index (χ4v) is 4.40. The Kier molecular flexibility index (Phi) is 8.62. The summed E-state index contributed by atoms with van der Waals surface area (Å²) in [5.74, 6) is 0.914. The molecule has 0 unspecified atom stereocenters. The molecule has 3 aromatic carbocycles. The summed E-state index contributed by atoms with van der Waals surface area (Å²) < 4.78 is 11.8. The highest BCUT2D eigenvalue weighted by Crippen LogP contribution is 2.35. The van der Waals surface area contributed by atoms with E-state index in [1.54, 1.807) is 30.2 Å². The Morgan fingerprint density at radius 1 is 1.03 bits per heavy atom. The SMILES string of the molecule is C=CCc1cc(/C=C(/C#N)C(=O)N2CCN(c3ccccc3)CC2)cc(OC)c1OCc1ccccc1. The first-order valence-corrected chi connectivity index (χ1v) is 12.3. The quantitative estimate of drug-likeness (QED) is 0.231. The molecule has 1 saturated heterocycles. The Morgan fingerprint density at radius 2 is 1.70 bits per heavy atom. The number of ether oxygens (including phenoxy) is 2. The van der Waals surface area contributed by atoms with E-state index in [0.717, 1.165) is 29.9 Å². The number of nitriles is 1. The van der Waals surface area contributed by atoms with Gasteiger partial charge in [-0.2, -0.15) is 5.26 Å². The van der Waals surface area contributed by atoms with Crippen molar-refractivity contribution in [2.24, 2.45) is 0 Å². The van der Waals surface area contributed by atoms with Gasteiger partial charge in [0.1, 0.15) is 18.2 Å². The second-order valence-corrected chi connectivity index (χ2v) is 8.76. The fourth-order valence-electron chi connectivity index (χ4n) is 4.40. The number of nitrogens with zero attached hydrogens (tertiary/aromatic N) is 3. The first-order chi connectivity index (χ1) is 18.1. The third-order valence-corrected chi connectivity index (χ3v) is 6.31. The molecule has 1 heterocycles. The summed E-state index contributed by atoms with van der Waals surface area (Å²) in [4.78, 5) is 17.2. The minimum atomic E-state index is -0.260. The van der Waals surface area contributed by atoms with Gasteiger partial charge in [-0.25, -0.2) is 0 Å². The zero-order valence-corrected chi connectivity index (χ0v) is 21.1. The van der Waals surface area contributed by atoms with Crippen LogP contribution >= 0.6 is 0 Å². The summed E-state index contributed by atoms with van der Waals surface area (Å²) in [6.45, 7) is 6.82. The van der Waals surface area contributed by atoms with Gasteiger partial charge in [0.15, 0.2) is 11.5 Å². The van der Waals surface area contributed by atoms with Gasteiger partial charge in [0.2, 0.25) is 0 Å². The van der Waals surface area contributed by atoms with Crippen LogP contribution in [0.4, 0.5) is 5.69 Å². The number of anilines is 1. The van der Waals surface area contributed by atoms with Gasteiger partial charge in [-0.15, -0.1) is 6.58 Å². The maximum atomic E-state index is 13.2. The number of hydrogen-bond donors (Lipinski definition) is 0. The first-order valence-electron chi connectivity index (χ1n) is 12.3. The number of benzene rings is 3. The molecule has 3 aromatic rings. The van der Waals surface area contributed by atoms with E-state index in [4.69, 9.17) is 9.47 Å². The normalized spacial score (nSPS) is 13.6. The molecule has 4 rings (SSSR count). The highest BCUT2D eigenvalue weighted by molar-refractivity contribution is 6.02. The van der Waals surface area contributed by atoms with Crippen molar-refractivity contribution in [1.29, 1.82) is 5.26 Å². The molecular weight excluding hydrogens is 462 g/mol. The Labute approximate surface area is 218 Å². The number of hydrogen-bond acceptors (Lipinski definition) is 5. The lowest BCUT2D eigenvalue weighted by Crippen LogP contribution is -2.49. The van der Waals surface area contributed by atoms with Gasteiger partial charge < -0.3 is 19.3 Å². The second kappa shape index (κ2) is 12.5. The molecule has 37 heavy (non-hydrogen) atoms. The standard InChI is InChI=1S/C31H31N3O3/c1-3-10-26-19-25(21-29(36-2)30(26)37-23-24-11-6-4-7-12-24)20-27(22-32)31(35)34-17-15-33(16-18-34)28-13-8-5-9-14-28/h3-9,11-14,19-21H,1,10,15-18,23H2,2H3/b27-20-. The van der Waals surface area contributed by atoms with Crippen LogP contribution in [0.5, 0.6) is 11.5 Å². The molecule has 0 aliphatic carbocycles. The van der Waals surface area contributed by atoms with Crippen molar-refractivity contribution in [2.45, 2.75) is 13.0 Å². The van der Waals surface area contributed by atoms with Gasteiger partial charge >= 0.3 is 0 Å². The largest absolute Gasteiger partial charge is 0.493 e. The van der Waals surface area contributed by atoms with Crippen LogP contribution in [0.1, 0.15) is 16.7 Å². The van der Waals surface area contributed by atoms with Crippen LogP contribution in [0.3, 0.4) is 0 Å². The van der Waals surface area contributed by atoms with Crippen LogP contribution in [0, 0.1) is 11.3 Å². The molecule has 188 valence electrons. The maximum absolute atomic E-state index is 13.2. The zero-order chi connectivity index (χ0) is 26.0. The summed E-state index contributed by atoms with van der Waals surface area (Å²) in [5.41, 5.74) is 3.86. The topological polar surface area (TPSA) is 65.8 Å². The van der Waals surface area contributed by atoms with Crippen molar-refractivity contribution in [3.63, 3.8) is 0 Å². The van der Waals surface area contributed by atoms with E-state index in [9.17, 15) is 10.1 Å². The van der Waals surface area contributed by atoms with Crippen LogP contribution in [-0.4, -0.2) is 44.1 Å². The number of rotatable bonds is 9. The lowest BCUT2D eigenvalue weighted by atomic mass is 10.0. The Hall–Kier alpha value is -4.50. The molecule has 0 atom stereocenters. The van der Waals surface area contributed by atoms with E-state index in [-0.39, 0.29) is 11.5 Å². The number of allylic oxidation sites excluding steroid dienone is 1. The van der Waals surface area contributed by atoms with Crippen LogP contribution < -0.4 is 14.4 Å². The van der Waals surface area contributed by atoms with E-state index in [2.05, 4.69) is 29.7 Å². The van der Waals surface area contributed by atoms with Gasteiger partial charge in [-0.05, 0) is 47.9 Å². The Morgan fingerprint density at radius 3 is 2.32 bits per heavy atom. The minimum Gasteiger partial charge on any atom is -0.493 e. The summed E-state index contributed by atoms with van der Waals surface area (Å²) in [6.07, 6.45) is 3.97. The van der Waals surface area contributed by atoms with Crippen molar-refractivity contribution in [1.82, 2.24) is 4.90 Å². The van der Waals surface area contributed by atoms with Gasteiger partial charge in [0.05, 0.1) is 7.11 Å². The number of carbonyl (C=O) groups is 1. The van der Waals surface area contributed by atoms with Crippen molar-refractivity contribution in [3.8, 4) is 17.6 Å². The minimum absolute atomic E-state index is 0.0951. The Bertz CT molecular complexity index is 1290. The van der Waals surface area contributed by atoms with Crippen LogP contribution in [0.2, 0.25) is 0 Å². The van der Waals surface area contributed by atoms with E-state index >= 15 is 0 Å². The van der Waals surface area contributed by atoms with Crippen molar-refractivity contribution in [3.05, 3.63) is 108 Å². The molecule has 1 fully saturated rings. The Balaban J connectivity index is 1.52. The van der Waals surface area contributed by atoms with Gasteiger partial charge in [-0.1, -0.05) is 54.6 Å². The smallest absolute Gasteiger partial charge is 0.264 e. The average molecular weight is 494 g/mol. The van der Waals surface area contributed by atoms with Crippen LogP contribution in [-0.2, 0) is 17.8 Å². The molecule has 6 nitrogen and oxygen atoms in total. The van der Waals surface area contributed by atoms with Crippen molar-refractivity contribution < 1.29 is 14.3 Å². The number of amides is 1. The van der Waals surface area contributed by atoms with Crippen LogP contribution in [0.15, 0.2) is 91.0 Å². The van der Waals surface area contributed by atoms with Gasteiger partial charge in [0, 0.05) is 37.4 Å². The molecule has 6 heteroatoms. The lowest BCUT2D eigenvalue weighted by Gasteiger charge is -2.36. The van der Waals surface area contributed by atoms with E-state index in [1.807, 2.05) is 54.6 Å². The maximum Gasteiger partial charge on any atom is 0.264 e. The molecule has 0 spiro atoms. The summed E-state index contributed by atoms with van der Waals surface area (Å²) >= 11 is 0. The molecule has 1 aliphatic heterocycles. The summed E-state index contributed by atoms with van der Waals surface area (Å²) in [5, 5.41) is 9.83. The molecule has 1 amide bonds. The fraction of sp³-hybridized carbons (Fsp3) is 0.226. The number of methoxy groups -OCH3 is 1. The predicted molar refractivity (Wildman–Crippen MR) is 146 cm³/mol. The van der Waals surface area contributed by atoms with E-state index in [1.165, 1.54) is 0 Å². The van der Waals surface area contributed by atoms with Crippen LogP contribution in [0.25, 0.3) is 6.08 Å². The second-order valence-electron chi connectivity index (χ2n) is 8.76. The average Bonchev–Trinajstić information content (AvgIpc) is 2.96. The molecule has 0 saturated carbocycles. The van der Waals surface area contributed by atoms with Crippen molar-refractivity contribution >= 4 is 17.7 Å².